The third-order valence-electron chi connectivity index (χ3n) is 3.49. The molecule has 104 valence electrons. The van der Waals surface area contributed by atoms with Crippen LogP contribution in [0.3, 0.4) is 0 Å². The van der Waals surface area contributed by atoms with Crippen molar-refractivity contribution in [2.45, 2.75) is 78.6 Å². The highest BCUT2D eigenvalue weighted by molar-refractivity contribution is 14.2. The van der Waals surface area contributed by atoms with E-state index in [-0.39, 0.29) is 0 Å². The van der Waals surface area contributed by atoms with Crippen molar-refractivity contribution in [2.24, 2.45) is 0 Å². The summed E-state index contributed by atoms with van der Waals surface area (Å²) in [5, 5.41) is 0. The van der Waals surface area contributed by atoms with E-state index in [1.165, 1.54) is 57.8 Å². The highest BCUT2D eigenvalue weighted by Gasteiger charge is 2.32. The Bertz CT molecular complexity index is 132. The molecule has 0 aliphatic heterocycles. The van der Waals surface area contributed by atoms with Crippen LogP contribution in [0.2, 0.25) is 0 Å². The zero-order valence-electron chi connectivity index (χ0n) is 12.3. The first kappa shape index (κ1) is 18.2. The normalized spacial score (nSPS) is 12.0. The van der Waals surface area contributed by atoms with Gasteiger partial charge in [0.1, 0.15) is 0 Å². The molecule has 0 nitrogen and oxygen atoms in total. The molecule has 0 heterocycles. The molecule has 0 rings (SSSR count). The second kappa shape index (κ2) is 12.2. The van der Waals surface area contributed by atoms with Crippen molar-refractivity contribution in [2.75, 3.05) is 18.5 Å². The minimum atomic E-state index is -0.588. The smallest absolute Gasteiger partial charge is 0.0654 e. The summed E-state index contributed by atoms with van der Waals surface area (Å²) in [4.78, 5) is -0.588. The van der Waals surface area contributed by atoms with E-state index in [4.69, 9.17) is 0 Å². The van der Waals surface area contributed by atoms with E-state index >= 15 is 0 Å². The molecular formula is C15H33IP+. The second-order valence-corrected chi connectivity index (χ2v) is 14.9. The van der Waals surface area contributed by atoms with Crippen LogP contribution in [-0.2, 0) is 0 Å². The van der Waals surface area contributed by atoms with Crippen LogP contribution in [0.1, 0.15) is 78.6 Å². The van der Waals surface area contributed by atoms with E-state index in [0.29, 0.717) is 0 Å². The third-order valence-corrected chi connectivity index (χ3v) is 11.2. The average Bonchev–Trinajstić information content (AvgIpc) is 2.30. The van der Waals surface area contributed by atoms with E-state index in [0.717, 1.165) is 0 Å². The van der Waals surface area contributed by atoms with Crippen LogP contribution >= 0.6 is 26.9 Å². The fraction of sp³-hybridized carbons (Fsp3) is 1.00. The quantitative estimate of drug-likeness (QED) is 0.198. The second-order valence-electron chi connectivity index (χ2n) is 5.32. The van der Waals surface area contributed by atoms with Crippen molar-refractivity contribution in [3.8, 4) is 0 Å². The maximum absolute atomic E-state index is 2.90. The monoisotopic (exact) mass is 371 g/mol. The van der Waals surface area contributed by atoms with Crippen molar-refractivity contribution in [3.63, 3.8) is 0 Å². The molecule has 0 fully saturated rings. The predicted molar refractivity (Wildman–Crippen MR) is 94.1 cm³/mol. The first-order valence-electron chi connectivity index (χ1n) is 7.74. The number of unbranched alkanes of at least 4 members (excludes halogenated alkanes) is 6. The van der Waals surface area contributed by atoms with Crippen LogP contribution in [0.25, 0.3) is 0 Å². The van der Waals surface area contributed by atoms with Gasteiger partial charge < -0.3 is 0 Å². The average molecular weight is 371 g/mol. The van der Waals surface area contributed by atoms with Gasteiger partial charge in [-0.2, -0.15) is 0 Å². The number of rotatable bonds is 12. The topological polar surface area (TPSA) is 0 Å². The van der Waals surface area contributed by atoms with Crippen molar-refractivity contribution >= 4 is 26.9 Å². The van der Waals surface area contributed by atoms with Crippen LogP contribution in [0.4, 0.5) is 0 Å². The SMILES string of the molecule is CCCCC[P+](I)(CCCCC)CCCCC. The van der Waals surface area contributed by atoms with Crippen LogP contribution in [0.15, 0.2) is 0 Å². The summed E-state index contributed by atoms with van der Waals surface area (Å²) in [6, 6.07) is 0. The van der Waals surface area contributed by atoms with Crippen molar-refractivity contribution in [3.05, 3.63) is 0 Å². The van der Waals surface area contributed by atoms with E-state index in [1.807, 2.05) is 0 Å². The molecule has 0 aliphatic carbocycles. The lowest BCUT2D eigenvalue weighted by Crippen LogP contribution is -2.03. The third kappa shape index (κ3) is 10.7. The molecule has 0 bridgehead atoms. The summed E-state index contributed by atoms with van der Waals surface area (Å²) in [5.74, 6) is 0. The first-order valence-corrected chi connectivity index (χ1v) is 12.9. The van der Waals surface area contributed by atoms with Gasteiger partial charge >= 0.3 is 0 Å². The summed E-state index contributed by atoms with van der Waals surface area (Å²) in [6.45, 7) is 6.96. The first-order chi connectivity index (χ1) is 8.18. The maximum Gasteiger partial charge on any atom is 0.154 e. The molecule has 0 radical (unpaired) electrons. The number of halogens is 1. The molecule has 0 aliphatic rings. The van der Waals surface area contributed by atoms with Gasteiger partial charge in [0.05, 0.1) is 23.4 Å². The zero-order valence-corrected chi connectivity index (χ0v) is 15.4. The summed E-state index contributed by atoms with van der Waals surface area (Å²) in [5.41, 5.74) is 0. The molecule has 0 saturated carbocycles. The van der Waals surface area contributed by atoms with Gasteiger partial charge in [0.2, 0.25) is 0 Å². The lowest BCUT2D eigenvalue weighted by atomic mass is 10.3. The summed E-state index contributed by atoms with van der Waals surface area (Å²) in [7, 11) is 0. The molecule has 0 amide bonds. The Kier molecular flexibility index (Phi) is 13.0. The van der Waals surface area contributed by atoms with Crippen molar-refractivity contribution < 1.29 is 0 Å². The predicted octanol–water partition coefficient (Wildman–Crippen LogP) is 6.92. The minimum absolute atomic E-state index is 0.588. The fourth-order valence-corrected chi connectivity index (χ4v) is 8.38. The van der Waals surface area contributed by atoms with Gasteiger partial charge in [0.25, 0.3) is 0 Å². The Hall–Kier alpha value is 1.16. The Balaban J connectivity index is 3.95. The van der Waals surface area contributed by atoms with E-state index in [9.17, 15) is 0 Å². The van der Waals surface area contributed by atoms with Gasteiger partial charge in [-0.15, -0.1) is 0 Å². The fourth-order valence-electron chi connectivity index (χ4n) is 2.27. The highest BCUT2D eigenvalue weighted by atomic mass is 127. The maximum atomic E-state index is 2.90. The highest BCUT2D eigenvalue weighted by Crippen LogP contribution is 2.68. The molecule has 0 aromatic heterocycles. The molecule has 17 heavy (non-hydrogen) atoms. The molecule has 0 atom stereocenters. The standard InChI is InChI=1S/C15H33IP/c1-4-7-10-13-17(16,14-11-8-5-2)15-12-9-6-3/h4-15H2,1-3H3/q+1. The van der Waals surface area contributed by atoms with Gasteiger partial charge in [-0.05, 0) is 19.3 Å². The van der Waals surface area contributed by atoms with E-state index < -0.39 is 4.90 Å². The molecule has 0 unspecified atom stereocenters. The molecule has 0 spiro atoms. The Morgan fingerprint density at radius 3 is 1.12 bits per heavy atom. The Morgan fingerprint density at radius 1 is 0.588 bits per heavy atom. The van der Waals surface area contributed by atoms with E-state index in [2.05, 4.69) is 42.8 Å². The van der Waals surface area contributed by atoms with Crippen molar-refractivity contribution in [1.82, 2.24) is 0 Å². The van der Waals surface area contributed by atoms with Crippen LogP contribution < -0.4 is 0 Å². The summed E-state index contributed by atoms with van der Waals surface area (Å²) in [6.07, 6.45) is 17.6. The molecule has 0 N–H and O–H groups in total. The van der Waals surface area contributed by atoms with E-state index in [1.54, 1.807) is 18.5 Å². The Morgan fingerprint density at radius 2 is 0.882 bits per heavy atom. The van der Waals surface area contributed by atoms with Crippen molar-refractivity contribution in [1.29, 1.82) is 0 Å². The lowest BCUT2D eigenvalue weighted by molar-refractivity contribution is 0.748. The summed E-state index contributed by atoms with van der Waals surface area (Å²) < 4.78 is 0. The van der Waals surface area contributed by atoms with Gasteiger partial charge in [-0.25, -0.2) is 0 Å². The van der Waals surface area contributed by atoms with Gasteiger partial charge in [0.15, 0.2) is 22.0 Å². The zero-order chi connectivity index (χ0) is 13.0. The molecule has 0 aromatic carbocycles. The molecule has 2 heteroatoms. The lowest BCUT2D eigenvalue weighted by Gasteiger charge is -2.20. The van der Waals surface area contributed by atoms with Crippen LogP contribution in [0.5, 0.6) is 0 Å². The molecule has 0 aromatic rings. The number of hydrogen-bond donors (Lipinski definition) is 0. The van der Waals surface area contributed by atoms with Crippen LogP contribution in [0, 0.1) is 0 Å². The number of hydrogen-bond acceptors (Lipinski definition) is 0. The molecular weight excluding hydrogens is 338 g/mol. The van der Waals surface area contributed by atoms with Gasteiger partial charge in [0, 0.05) is 0 Å². The largest absolute Gasteiger partial charge is 0.154 e. The van der Waals surface area contributed by atoms with Gasteiger partial charge in [-0.1, -0.05) is 59.3 Å². The Labute approximate surface area is 124 Å². The minimum Gasteiger partial charge on any atom is -0.0654 e. The van der Waals surface area contributed by atoms with Crippen LogP contribution in [-0.4, -0.2) is 18.5 Å². The summed E-state index contributed by atoms with van der Waals surface area (Å²) >= 11 is 2.90. The molecule has 0 saturated heterocycles. The van der Waals surface area contributed by atoms with Gasteiger partial charge in [-0.3, -0.25) is 0 Å².